The molecule has 15 heavy (non-hydrogen) atoms. The van der Waals surface area contributed by atoms with Crippen LogP contribution in [0.5, 0.6) is 0 Å². The maximum Gasteiger partial charge on any atom is 0.00217 e. The van der Waals surface area contributed by atoms with Crippen molar-refractivity contribution in [2.75, 3.05) is 26.2 Å². The van der Waals surface area contributed by atoms with Crippen molar-refractivity contribution in [3.8, 4) is 0 Å². The van der Waals surface area contributed by atoms with Gasteiger partial charge >= 0.3 is 0 Å². The fourth-order valence-electron chi connectivity index (χ4n) is 3.21. The topological polar surface area (TPSA) is 29.3 Å². The summed E-state index contributed by atoms with van der Waals surface area (Å²) in [6, 6.07) is 0. The lowest BCUT2D eigenvalue weighted by Crippen LogP contribution is -2.39. The summed E-state index contributed by atoms with van der Waals surface area (Å²) in [6.07, 6.45) is 10.1. The Hall–Kier alpha value is -0.0800. The Bertz CT molecular complexity index is 175. The van der Waals surface area contributed by atoms with Gasteiger partial charge in [-0.2, -0.15) is 0 Å². The molecule has 1 aliphatic heterocycles. The molecule has 2 rings (SSSR count). The van der Waals surface area contributed by atoms with Gasteiger partial charge in [0.2, 0.25) is 0 Å². The number of hydrogen-bond acceptors (Lipinski definition) is 2. The normalized spacial score (nSPS) is 29.8. The van der Waals surface area contributed by atoms with Crippen LogP contribution in [-0.4, -0.2) is 31.1 Å². The number of hydrogen-bond donors (Lipinski definition) is 1. The van der Waals surface area contributed by atoms with Crippen molar-refractivity contribution in [1.82, 2.24) is 4.90 Å². The van der Waals surface area contributed by atoms with Gasteiger partial charge in [0.25, 0.3) is 0 Å². The lowest BCUT2D eigenvalue weighted by Gasteiger charge is -2.32. The quantitative estimate of drug-likeness (QED) is 0.771. The molecule has 0 bridgehead atoms. The van der Waals surface area contributed by atoms with Crippen LogP contribution in [0.15, 0.2) is 0 Å². The molecule has 1 heterocycles. The second-order valence-electron chi connectivity index (χ2n) is 5.48. The van der Waals surface area contributed by atoms with Crippen molar-refractivity contribution in [3.63, 3.8) is 0 Å². The molecular weight excluding hydrogens is 184 g/mol. The standard InChI is InChI=1S/C13H26N2/c14-10-13-6-3-8-15(11-13)9-7-12-4-1-2-5-12/h12-13H,1-11,14H2. The minimum atomic E-state index is 0.780. The van der Waals surface area contributed by atoms with Gasteiger partial charge in [-0.15, -0.1) is 0 Å². The second-order valence-corrected chi connectivity index (χ2v) is 5.48. The molecule has 0 aromatic carbocycles. The average Bonchev–Trinajstić information content (AvgIpc) is 2.79. The van der Waals surface area contributed by atoms with Crippen LogP contribution < -0.4 is 5.73 Å². The number of likely N-dealkylation sites (tertiary alicyclic amines) is 1. The Kier molecular flexibility index (Phi) is 4.45. The second kappa shape index (κ2) is 5.86. The van der Waals surface area contributed by atoms with Gasteiger partial charge in [-0.1, -0.05) is 25.7 Å². The monoisotopic (exact) mass is 210 g/mol. The van der Waals surface area contributed by atoms with E-state index in [4.69, 9.17) is 5.73 Å². The molecule has 2 heteroatoms. The Morgan fingerprint density at radius 3 is 2.47 bits per heavy atom. The molecule has 1 saturated heterocycles. The fourth-order valence-corrected chi connectivity index (χ4v) is 3.21. The maximum atomic E-state index is 5.76. The molecule has 0 amide bonds. The van der Waals surface area contributed by atoms with E-state index in [0.29, 0.717) is 0 Å². The highest BCUT2D eigenvalue weighted by atomic mass is 15.1. The largest absolute Gasteiger partial charge is 0.330 e. The molecule has 0 spiro atoms. The van der Waals surface area contributed by atoms with E-state index in [1.165, 1.54) is 64.6 Å². The van der Waals surface area contributed by atoms with Gasteiger partial charge in [0.1, 0.15) is 0 Å². The molecule has 0 aromatic heterocycles. The Morgan fingerprint density at radius 2 is 1.73 bits per heavy atom. The van der Waals surface area contributed by atoms with Crippen LogP contribution in [0.3, 0.4) is 0 Å². The van der Waals surface area contributed by atoms with Crippen LogP contribution >= 0.6 is 0 Å². The van der Waals surface area contributed by atoms with Gasteiger partial charge in [-0.25, -0.2) is 0 Å². The van der Waals surface area contributed by atoms with Crippen LogP contribution in [0.2, 0.25) is 0 Å². The number of rotatable bonds is 4. The molecule has 2 N–H and O–H groups in total. The van der Waals surface area contributed by atoms with Crippen molar-refractivity contribution in [2.24, 2.45) is 17.6 Å². The molecule has 2 aliphatic rings. The molecule has 2 nitrogen and oxygen atoms in total. The molecule has 1 unspecified atom stereocenters. The van der Waals surface area contributed by atoms with Crippen LogP contribution in [0.1, 0.15) is 44.9 Å². The number of nitrogens with zero attached hydrogens (tertiary/aromatic N) is 1. The Labute approximate surface area is 94.2 Å². The van der Waals surface area contributed by atoms with Crippen LogP contribution in [-0.2, 0) is 0 Å². The van der Waals surface area contributed by atoms with Crippen molar-refractivity contribution >= 4 is 0 Å². The van der Waals surface area contributed by atoms with Crippen LogP contribution in [0.4, 0.5) is 0 Å². The highest BCUT2D eigenvalue weighted by Crippen LogP contribution is 2.28. The number of nitrogens with two attached hydrogens (primary N) is 1. The highest BCUT2D eigenvalue weighted by Gasteiger charge is 2.20. The molecule has 88 valence electrons. The highest BCUT2D eigenvalue weighted by molar-refractivity contribution is 4.75. The molecule has 0 aromatic rings. The average molecular weight is 210 g/mol. The third-order valence-corrected chi connectivity index (χ3v) is 4.26. The smallest absolute Gasteiger partial charge is 0.00217 e. The van der Waals surface area contributed by atoms with E-state index in [1.54, 1.807) is 0 Å². The van der Waals surface area contributed by atoms with E-state index in [1.807, 2.05) is 0 Å². The molecule has 1 atom stereocenters. The number of piperidine rings is 1. The van der Waals surface area contributed by atoms with E-state index >= 15 is 0 Å². The minimum absolute atomic E-state index is 0.780. The van der Waals surface area contributed by atoms with Crippen molar-refractivity contribution in [3.05, 3.63) is 0 Å². The molecule has 1 aliphatic carbocycles. The zero-order chi connectivity index (χ0) is 10.5. The predicted molar refractivity (Wildman–Crippen MR) is 64.8 cm³/mol. The van der Waals surface area contributed by atoms with E-state index in [2.05, 4.69) is 4.90 Å². The first-order valence-corrected chi connectivity index (χ1v) is 6.81. The third kappa shape index (κ3) is 3.46. The summed E-state index contributed by atoms with van der Waals surface area (Å²) in [4.78, 5) is 2.65. The summed E-state index contributed by atoms with van der Waals surface area (Å²) in [5.74, 6) is 1.82. The van der Waals surface area contributed by atoms with Crippen LogP contribution in [0.25, 0.3) is 0 Å². The lowest BCUT2D eigenvalue weighted by atomic mass is 9.97. The van der Waals surface area contributed by atoms with Crippen LogP contribution in [0, 0.1) is 11.8 Å². The van der Waals surface area contributed by atoms with Gasteiger partial charge in [0.15, 0.2) is 0 Å². The molecular formula is C13H26N2. The fraction of sp³-hybridized carbons (Fsp3) is 1.00. The van der Waals surface area contributed by atoms with Gasteiger partial charge in [-0.3, -0.25) is 0 Å². The zero-order valence-corrected chi connectivity index (χ0v) is 9.96. The first-order valence-electron chi connectivity index (χ1n) is 6.81. The SMILES string of the molecule is NCC1CCCN(CCC2CCCC2)C1. The summed E-state index contributed by atoms with van der Waals surface area (Å²) in [5.41, 5.74) is 5.76. The third-order valence-electron chi connectivity index (χ3n) is 4.26. The lowest BCUT2D eigenvalue weighted by molar-refractivity contribution is 0.168. The van der Waals surface area contributed by atoms with Crippen molar-refractivity contribution < 1.29 is 0 Å². The summed E-state index contributed by atoms with van der Waals surface area (Å²) in [5, 5.41) is 0. The molecule has 2 fully saturated rings. The summed E-state index contributed by atoms with van der Waals surface area (Å²) in [7, 11) is 0. The van der Waals surface area contributed by atoms with E-state index in [0.717, 1.165) is 18.4 Å². The van der Waals surface area contributed by atoms with Crippen molar-refractivity contribution in [1.29, 1.82) is 0 Å². The van der Waals surface area contributed by atoms with Gasteiger partial charge in [0.05, 0.1) is 0 Å². The molecule has 1 saturated carbocycles. The zero-order valence-electron chi connectivity index (χ0n) is 9.96. The van der Waals surface area contributed by atoms with E-state index < -0.39 is 0 Å². The minimum Gasteiger partial charge on any atom is -0.330 e. The summed E-state index contributed by atoms with van der Waals surface area (Å²) in [6.45, 7) is 4.81. The first kappa shape index (κ1) is 11.4. The summed E-state index contributed by atoms with van der Waals surface area (Å²) >= 11 is 0. The predicted octanol–water partition coefficient (Wildman–Crippen LogP) is 2.24. The van der Waals surface area contributed by atoms with Gasteiger partial charge in [0, 0.05) is 6.54 Å². The first-order chi connectivity index (χ1) is 7.38. The van der Waals surface area contributed by atoms with Gasteiger partial charge in [-0.05, 0) is 50.7 Å². The Balaban J connectivity index is 1.65. The summed E-state index contributed by atoms with van der Waals surface area (Å²) < 4.78 is 0. The van der Waals surface area contributed by atoms with E-state index in [-0.39, 0.29) is 0 Å². The maximum absolute atomic E-state index is 5.76. The molecule has 0 radical (unpaired) electrons. The van der Waals surface area contributed by atoms with Gasteiger partial charge < -0.3 is 10.6 Å². The van der Waals surface area contributed by atoms with Crippen molar-refractivity contribution in [2.45, 2.75) is 44.9 Å². The van der Waals surface area contributed by atoms with E-state index in [9.17, 15) is 0 Å². The Morgan fingerprint density at radius 1 is 1.00 bits per heavy atom.